The molecule has 130 valence electrons. The van der Waals surface area contributed by atoms with Gasteiger partial charge in [-0.05, 0) is 30.3 Å². The zero-order valence-electron chi connectivity index (χ0n) is 13.9. The van der Waals surface area contributed by atoms with Gasteiger partial charge in [-0.3, -0.25) is 4.79 Å². The van der Waals surface area contributed by atoms with Gasteiger partial charge in [-0.1, -0.05) is 18.2 Å². The minimum Gasteiger partial charge on any atom is -0.465 e. The van der Waals surface area contributed by atoms with Gasteiger partial charge in [0.2, 0.25) is 0 Å². The monoisotopic (exact) mass is 342 g/mol. The van der Waals surface area contributed by atoms with Crippen LogP contribution in [-0.4, -0.2) is 50.1 Å². The molecule has 3 rings (SSSR count). The highest BCUT2D eigenvalue weighted by molar-refractivity contribution is 5.96. The lowest BCUT2D eigenvalue weighted by atomic mass is 10.1. The fourth-order valence-corrected chi connectivity index (χ4v) is 2.99. The van der Waals surface area contributed by atoms with Crippen LogP contribution in [0, 0.1) is 5.82 Å². The molecule has 1 aliphatic rings. The largest absolute Gasteiger partial charge is 0.465 e. The van der Waals surface area contributed by atoms with Crippen molar-refractivity contribution in [2.45, 2.75) is 0 Å². The average molecular weight is 342 g/mol. The van der Waals surface area contributed by atoms with Crippen LogP contribution in [0.4, 0.5) is 10.1 Å². The van der Waals surface area contributed by atoms with Gasteiger partial charge in [0.25, 0.3) is 5.91 Å². The molecule has 0 aliphatic carbocycles. The Morgan fingerprint density at radius 2 is 1.72 bits per heavy atom. The number of carbonyl (C=O) groups excluding carboxylic acids is 2. The molecule has 25 heavy (non-hydrogen) atoms. The molecule has 1 saturated heterocycles. The second kappa shape index (κ2) is 7.34. The van der Waals surface area contributed by atoms with E-state index in [4.69, 9.17) is 4.74 Å². The van der Waals surface area contributed by atoms with E-state index in [0.717, 1.165) is 5.69 Å². The fourth-order valence-electron chi connectivity index (χ4n) is 2.99. The second-order valence-electron chi connectivity index (χ2n) is 5.80. The number of nitrogens with zero attached hydrogens (tertiary/aromatic N) is 2. The summed E-state index contributed by atoms with van der Waals surface area (Å²) in [6, 6.07) is 13.0. The summed E-state index contributed by atoms with van der Waals surface area (Å²) in [6.45, 7) is 2.19. The Bertz CT molecular complexity index is 786. The normalized spacial score (nSPS) is 14.3. The summed E-state index contributed by atoms with van der Waals surface area (Å²) in [4.78, 5) is 28.2. The molecular formula is C19H19FN2O3. The van der Waals surface area contributed by atoms with Crippen LogP contribution in [-0.2, 0) is 4.74 Å². The Labute approximate surface area is 145 Å². The van der Waals surface area contributed by atoms with Crippen molar-refractivity contribution in [2.75, 3.05) is 38.2 Å². The van der Waals surface area contributed by atoms with Crippen LogP contribution in [0.1, 0.15) is 20.7 Å². The van der Waals surface area contributed by atoms with Crippen LogP contribution >= 0.6 is 0 Å². The third-order valence-electron chi connectivity index (χ3n) is 4.29. The molecule has 1 amide bonds. The SMILES string of the molecule is COC(=O)c1ccccc1N1CCN(C(=O)c2cccc(F)c2)CC1. The Morgan fingerprint density at radius 3 is 2.40 bits per heavy atom. The third kappa shape index (κ3) is 3.63. The van der Waals surface area contributed by atoms with Crippen molar-refractivity contribution < 1.29 is 18.7 Å². The van der Waals surface area contributed by atoms with E-state index in [-0.39, 0.29) is 11.9 Å². The molecule has 1 heterocycles. The summed E-state index contributed by atoms with van der Waals surface area (Å²) in [5.74, 6) is -0.981. The van der Waals surface area contributed by atoms with Crippen LogP contribution in [0.5, 0.6) is 0 Å². The first kappa shape index (κ1) is 17.0. The van der Waals surface area contributed by atoms with Crippen molar-refractivity contribution in [2.24, 2.45) is 0 Å². The molecule has 1 aliphatic heterocycles. The lowest BCUT2D eigenvalue weighted by Crippen LogP contribution is -2.49. The van der Waals surface area contributed by atoms with Gasteiger partial charge in [0.15, 0.2) is 0 Å². The van der Waals surface area contributed by atoms with Crippen LogP contribution in [0.3, 0.4) is 0 Å². The molecule has 0 bridgehead atoms. The molecule has 2 aromatic rings. The third-order valence-corrected chi connectivity index (χ3v) is 4.29. The van der Waals surface area contributed by atoms with E-state index in [2.05, 4.69) is 4.90 Å². The zero-order chi connectivity index (χ0) is 17.8. The number of para-hydroxylation sites is 1. The molecule has 1 fully saturated rings. The fraction of sp³-hybridized carbons (Fsp3) is 0.263. The summed E-state index contributed by atoms with van der Waals surface area (Å²) >= 11 is 0. The van der Waals surface area contributed by atoms with E-state index < -0.39 is 5.82 Å². The maximum absolute atomic E-state index is 13.3. The Morgan fingerprint density at radius 1 is 1.00 bits per heavy atom. The predicted octanol–water partition coefficient (Wildman–Crippen LogP) is 2.57. The maximum Gasteiger partial charge on any atom is 0.339 e. The van der Waals surface area contributed by atoms with Gasteiger partial charge in [-0.15, -0.1) is 0 Å². The number of esters is 1. The molecule has 0 aromatic heterocycles. The van der Waals surface area contributed by atoms with Gasteiger partial charge >= 0.3 is 5.97 Å². The lowest BCUT2D eigenvalue weighted by Gasteiger charge is -2.36. The molecule has 0 atom stereocenters. The Balaban J connectivity index is 1.70. The Kier molecular flexibility index (Phi) is 4.97. The van der Waals surface area contributed by atoms with Crippen molar-refractivity contribution in [3.63, 3.8) is 0 Å². The topological polar surface area (TPSA) is 49.9 Å². The van der Waals surface area contributed by atoms with Crippen LogP contribution in [0.15, 0.2) is 48.5 Å². The van der Waals surface area contributed by atoms with Crippen LogP contribution < -0.4 is 4.90 Å². The number of methoxy groups -OCH3 is 1. The van der Waals surface area contributed by atoms with Gasteiger partial charge in [-0.25, -0.2) is 9.18 Å². The molecule has 0 radical (unpaired) electrons. The van der Waals surface area contributed by atoms with Crippen molar-refractivity contribution in [1.29, 1.82) is 0 Å². The van der Waals surface area contributed by atoms with Crippen LogP contribution in [0.2, 0.25) is 0 Å². The first-order chi connectivity index (χ1) is 12.1. The minimum atomic E-state index is -0.420. The number of piperazine rings is 1. The maximum atomic E-state index is 13.3. The highest BCUT2D eigenvalue weighted by Gasteiger charge is 2.25. The predicted molar refractivity (Wildman–Crippen MR) is 92.3 cm³/mol. The number of benzene rings is 2. The number of halogens is 1. The van der Waals surface area contributed by atoms with Gasteiger partial charge < -0.3 is 14.5 Å². The number of ether oxygens (including phenoxy) is 1. The van der Waals surface area contributed by atoms with Crippen molar-refractivity contribution in [3.05, 3.63) is 65.5 Å². The smallest absolute Gasteiger partial charge is 0.339 e. The van der Waals surface area contributed by atoms with E-state index in [1.54, 1.807) is 23.1 Å². The van der Waals surface area contributed by atoms with E-state index in [0.29, 0.717) is 37.3 Å². The zero-order valence-corrected chi connectivity index (χ0v) is 13.9. The molecule has 6 heteroatoms. The highest BCUT2D eigenvalue weighted by Crippen LogP contribution is 2.23. The molecule has 0 N–H and O–H groups in total. The van der Waals surface area contributed by atoms with E-state index in [1.807, 2.05) is 12.1 Å². The van der Waals surface area contributed by atoms with Gasteiger partial charge in [0, 0.05) is 31.7 Å². The van der Waals surface area contributed by atoms with Gasteiger partial charge in [-0.2, -0.15) is 0 Å². The van der Waals surface area contributed by atoms with E-state index in [9.17, 15) is 14.0 Å². The number of rotatable bonds is 3. The molecular weight excluding hydrogens is 323 g/mol. The Hall–Kier alpha value is -2.89. The van der Waals surface area contributed by atoms with Crippen LogP contribution in [0.25, 0.3) is 0 Å². The van der Waals surface area contributed by atoms with Gasteiger partial charge in [0.1, 0.15) is 5.82 Å². The summed E-state index contributed by atoms with van der Waals surface area (Å²) in [5.41, 5.74) is 1.66. The summed E-state index contributed by atoms with van der Waals surface area (Å²) in [7, 11) is 1.36. The van der Waals surface area contributed by atoms with Crippen molar-refractivity contribution in [3.8, 4) is 0 Å². The molecule has 0 unspecified atom stereocenters. The summed E-state index contributed by atoms with van der Waals surface area (Å²) in [5, 5.41) is 0. The molecule has 0 saturated carbocycles. The van der Waals surface area contributed by atoms with E-state index >= 15 is 0 Å². The number of amides is 1. The molecule has 0 spiro atoms. The first-order valence-electron chi connectivity index (χ1n) is 8.07. The van der Waals surface area contributed by atoms with Crippen molar-refractivity contribution in [1.82, 2.24) is 4.90 Å². The van der Waals surface area contributed by atoms with E-state index in [1.165, 1.54) is 25.3 Å². The number of hydrogen-bond donors (Lipinski definition) is 0. The number of anilines is 1. The molecule has 5 nitrogen and oxygen atoms in total. The minimum absolute atomic E-state index is 0.180. The number of carbonyl (C=O) groups is 2. The van der Waals surface area contributed by atoms with Crippen molar-refractivity contribution >= 4 is 17.6 Å². The second-order valence-corrected chi connectivity index (χ2v) is 5.80. The highest BCUT2D eigenvalue weighted by atomic mass is 19.1. The average Bonchev–Trinajstić information content (AvgIpc) is 2.67. The molecule has 2 aromatic carbocycles. The summed E-state index contributed by atoms with van der Waals surface area (Å²) < 4.78 is 18.1. The van der Waals surface area contributed by atoms with Gasteiger partial charge in [0.05, 0.1) is 18.4 Å². The quantitative estimate of drug-likeness (QED) is 0.805. The summed E-state index contributed by atoms with van der Waals surface area (Å²) in [6.07, 6.45) is 0. The lowest BCUT2D eigenvalue weighted by molar-refractivity contribution is 0.0600. The first-order valence-corrected chi connectivity index (χ1v) is 8.07. The standard InChI is InChI=1S/C19H19FN2O3/c1-25-19(24)16-7-2-3-8-17(16)21-9-11-22(12-10-21)18(23)14-5-4-6-15(20)13-14/h2-8,13H,9-12H2,1H3. The number of hydrogen-bond acceptors (Lipinski definition) is 4.